The van der Waals surface area contributed by atoms with E-state index in [-0.39, 0.29) is 31.0 Å². The minimum Gasteiger partial charge on any atom is -0.405 e. The molecule has 0 spiro atoms. The number of hydrogen-bond donors (Lipinski definition) is 1. The van der Waals surface area contributed by atoms with E-state index in [2.05, 4.69) is 10.1 Å². The fourth-order valence-corrected chi connectivity index (χ4v) is 5.40. The van der Waals surface area contributed by atoms with Crippen molar-refractivity contribution in [3.05, 3.63) is 59.7 Å². The molecule has 0 bridgehead atoms. The number of halogens is 3. The Hall–Kier alpha value is -4.09. The Morgan fingerprint density at radius 2 is 1.71 bits per heavy atom. The van der Waals surface area contributed by atoms with Gasteiger partial charge in [0, 0.05) is 31.9 Å². The second kappa shape index (κ2) is 11.8. The third kappa shape index (κ3) is 6.63. The minimum absolute atomic E-state index is 0.0428. The van der Waals surface area contributed by atoms with Crippen LogP contribution in [0.4, 0.5) is 18.9 Å². The van der Waals surface area contributed by atoms with Crippen molar-refractivity contribution < 1.29 is 37.1 Å². The average Bonchev–Trinajstić information content (AvgIpc) is 3.48. The number of anilines is 1. The summed E-state index contributed by atoms with van der Waals surface area (Å²) in [5.74, 6) is -2.66. The van der Waals surface area contributed by atoms with Crippen LogP contribution < -0.4 is 15.0 Å². The van der Waals surface area contributed by atoms with Crippen molar-refractivity contribution in [1.29, 1.82) is 0 Å². The number of rotatable bonds is 8. The maximum absolute atomic E-state index is 13.7. The van der Waals surface area contributed by atoms with Crippen molar-refractivity contribution in [2.75, 3.05) is 32.1 Å². The highest BCUT2D eigenvalue weighted by Gasteiger charge is 2.52. The highest BCUT2D eigenvalue weighted by molar-refractivity contribution is 6.04. The Labute approximate surface area is 236 Å². The van der Waals surface area contributed by atoms with Crippen molar-refractivity contribution in [2.45, 2.75) is 51.2 Å². The van der Waals surface area contributed by atoms with Crippen LogP contribution in [0.15, 0.2) is 48.5 Å². The molecule has 2 saturated heterocycles. The number of hydrogen-bond acceptors (Lipinski definition) is 6. The summed E-state index contributed by atoms with van der Waals surface area (Å²) in [7, 11) is 3.76. The molecule has 1 N–H and O–H groups in total. The zero-order valence-corrected chi connectivity index (χ0v) is 23.3. The lowest BCUT2D eigenvalue weighted by atomic mass is 10.0. The minimum atomic E-state index is -5.00. The number of alkyl halides is 3. The predicted molar refractivity (Wildman–Crippen MR) is 145 cm³/mol. The summed E-state index contributed by atoms with van der Waals surface area (Å²) in [6, 6.07) is 9.31. The van der Waals surface area contributed by atoms with Crippen LogP contribution in [-0.4, -0.2) is 85.0 Å². The second-order valence-electron chi connectivity index (χ2n) is 10.9. The molecule has 2 aromatic carbocycles. The molecule has 2 heterocycles. The first-order valence-electron chi connectivity index (χ1n) is 13.3. The van der Waals surface area contributed by atoms with Crippen LogP contribution in [0.2, 0.25) is 0 Å². The number of carbonyl (C=O) groups excluding carboxylic acids is 4. The molecule has 3 amide bonds. The van der Waals surface area contributed by atoms with Gasteiger partial charge in [0.1, 0.15) is 17.8 Å². The molecule has 4 rings (SSSR count). The fraction of sp³-hybridized carbons (Fsp3) is 0.448. The maximum atomic E-state index is 13.7. The van der Waals surface area contributed by atoms with Gasteiger partial charge in [-0.3, -0.25) is 19.2 Å². The third-order valence-corrected chi connectivity index (χ3v) is 7.27. The molecule has 2 aliphatic rings. The fourth-order valence-electron chi connectivity index (χ4n) is 5.40. The van der Waals surface area contributed by atoms with Crippen LogP contribution in [0.25, 0.3) is 0 Å². The summed E-state index contributed by atoms with van der Waals surface area (Å²) in [6.45, 7) is 3.63. The van der Waals surface area contributed by atoms with Gasteiger partial charge in [0.2, 0.25) is 5.91 Å². The molecule has 2 aliphatic heterocycles. The Morgan fingerprint density at radius 3 is 2.32 bits per heavy atom. The van der Waals surface area contributed by atoms with Crippen molar-refractivity contribution in [2.24, 2.45) is 5.92 Å². The van der Waals surface area contributed by atoms with Crippen LogP contribution in [0, 0.1) is 5.92 Å². The van der Waals surface area contributed by atoms with Crippen LogP contribution in [0.3, 0.4) is 0 Å². The van der Waals surface area contributed by atoms with E-state index >= 15 is 0 Å². The smallest absolute Gasteiger partial charge is 0.405 e. The number of benzene rings is 2. The van der Waals surface area contributed by atoms with E-state index in [1.54, 1.807) is 24.3 Å². The van der Waals surface area contributed by atoms with Gasteiger partial charge in [0.25, 0.3) is 11.8 Å². The molecule has 41 heavy (non-hydrogen) atoms. The Bertz CT molecular complexity index is 1310. The molecule has 0 aromatic heterocycles. The number of para-hydroxylation sites is 1. The van der Waals surface area contributed by atoms with Gasteiger partial charge in [-0.25, -0.2) is 0 Å². The van der Waals surface area contributed by atoms with Gasteiger partial charge < -0.3 is 24.8 Å². The van der Waals surface area contributed by atoms with Gasteiger partial charge in [-0.05, 0) is 55.2 Å². The van der Waals surface area contributed by atoms with Crippen molar-refractivity contribution in [1.82, 2.24) is 15.1 Å². The molecule has 0 radical (unpaired) electrons. The molecule has 220 valence electrons. The summed E-state index contributed by atoms with van der Waals surface area (Å²) in [6.07, 6.45) is -4.40. The quantitative estimate of drug-likeness (QED) is 0.519. The van der Waals surface area contributed by atoms with Gasteiger partial charge in [-0.15, -0.1) is 13.2 Å². The normalized spacial score (nSPS) is 19.3. The lowest BCUT2D eigenvalue weighted by Gasteiger charge is -2.29. The van der Waals surface area contributed by atoms with E-state index in [1.165, 1.54) is 28.0 Å². The standard InChI is InChI=1S/C29H33F3N4O5/c1-17(2)15-21(33-26(38)18-9-11-19(12-10-18)34(3)4)28(40)35-14-13-22-25(35)23(37)16-36(22)27(39)20-7-5-6-8-24(20)41-29(30,31)32/h5-12,17,21-22,25H,13-16H2,1-4H3,(H,33,38)/t21-,22?,25?/m0/s1. The van der Waals surface area contributed by atoms with E-state index in [4.69, 9.17) is 0 Å². The number of fused-ring (bicyclic) bond motifs is 1. The maximum Gasteiger partial charge on any atom is 0.573 e. The van der Waals surface area contributed by atoms with Gasteiger partial charge in [-0.1, -0.05) is 26.0 Å². The number of nitrogens with one attached hydrogen (secondary N) is 1. The molecular formula is C29H33F3N4O5. The number of likely N-dealkylation sites (tertiary alicyclic amines) is 2. The summed E-state index contributed by atoms with van der Waals surface area (Å²) < 4.78 is 42.8. The predicted octanol–water partition coefficient (Wildman–Crippen LogP) is 3.49. The zero-order chi connectivity index (χ0) is 30.1. The van der Waals surface area contributed by atoms with E-state index in [9.17, 15) is 32.3 Å². The molecule has 3 atom stereocenters. The number of ether oxygens (including phenoxy) is 1. The van der Waals surface area contributed by atoms with E-state index in [1.807, 2.05) is 32.8 Å². The number of amides is 3. The molecule has 2 unspecified atom stereocenters. The van der Waals surface area contributed by atoms with E-state index < -0.39 is 53.7 Å². The van der Waals surface area contributed by atoms with Crippen LogP contribution in [0.5, 0.6) is 5.75 Å². The summed E-state index contributed by atoms with van der Waals surface area (Å²) >= 11 is 0. The highest BCUT2D eigenvalue weighted by Crippen LogP contribution is 2.34. The second-order valence-corrected chi connectivity index (χ2v) is 10.9. The first kappa shape index (κ1) is 29.9. The number of nitrogens with zero attached hydrogens (tertiary/aromatic N) is 3. The molecule has 2 fully saturated rings. The Morgan fingerprint density at radius 1 is 1.05 bits per heavy atom. The van der Waals surface area contributed by atoms with Gasteiger partial charge >= 0.3 is 6.36 Å². The lowest BCUT2D eigenvalue weighted by Crippen LogP contribution is -2.53. The molecule has 0 saturated carbocycles. The number of Topliss-reactive ketones (excluding diaryl/α,β-unsaturated/α-hetero) is 1. The monoisotopic (exact) mass is 574 g/mol. The van der Waals surface area contributed by atoms with Crippen molar-refractivity contribution >= 4 is 29.2 Å². The van der Waals surface area contributed by atoms with Gasteiger partial charge in [-0.2, -0.15) is 0 Å². The molecule has 12 heteroatoms. The number of carbonyl (C=O) groups is 4. The average molecular weight is 575 g/mol. The molecule has 0 aliphatic carbocycles. The van der Waals surface area contributed by atoms with Crippen molar-refractivity contribution in [3.63, 3.8) is 0 Å². The molecular weight excluding hydrogens is 541 g/mol. The van der Waals surface area contributed by atoms with Gasteiger partial charge in [0.05, 0.1) is 18.2 Å². The lowest BCUT2D eigenvalue weighted by molar-refractivity contribution is -0.274. The summed E-state index contributed by atoms with van der Waals surface area (Å²) in [5, 5.41) is 2.82. The summed E-state index contributed by atoms with van der Waals surface area (Å²) in [5.41, 5.74) is 0.962. The van der Waals surface area contributed by atoms with E-state index in [0.717, 1.165) is 11.8 Å². The van der Waals surface area contributed by atoms with E-state index in [0.29, 0.717) is 12.0 Å². The van der Waals surface area contributed by atoms with Crippen LogP contribution in [-0.2, 0) is 9.59 Å². The Kier molecular flexibility index (Phi) is 8.60. The van der Waals surface area contributed by atoms with Crippen LogP contribution in [0.1, 0.15) is 47.4 Å². The first-order valence-corrected chi connectivity index (χ1v) is 13.3. The topological polar surface area (TPSA) is 99.3 Å². The molecule has 9 nitrogen and oxygen atoms in total. The third-order valence-electron chi connectivity index (χ3n) is 7.27. The first-order chi connectivity index (χ1) is 19.3. The summed E-state index contributed by atoms with van der Waals surface area (Å²) in [4.78, 5) is 57.7. The van der Waals surface area contributed by atoms with Gasteiger partial charge in [0.15, 0.2) is 5.78 Å². The van der Waals surface area contributed by atoms with Crippen molar-refractivity contribution in [3.8, 4) is 5.75 Å². The Balaban J connectivity index is 1.52. The largest absolute Gasteiger partial charge is 0.573 e. The zero-order valence-electron chi connectivity index (χ0n) is 23.3. The van der Waals surface area contributed by atoms with Crippen LogP contribution >= 0.6 is 0 Å². The highest BCUT2D eigenvalue weighted by atomic mass is 19.4. The number of ketones is 1. The molecule has 2 aromatic rings. The SMILES string of the molecule is CC(C)C[C@H](NC(=O)c1ccc(N(C)C)cc1)C(=O)N1CCC2C1C(=O)CN2C(=O)c1ccccc1OC(F)(F)F.